The number of aliphatic hydroxyl groups is 1. The average Bonchev–Trinajstić information content (AvgIpc) is 2.98. The zero-order valence-electron chi connectivity index (χ0n) is 13.8. The van der Waals surface area contributed by atoms with Gasteiger partial charge < -0.3 is 19.5 Å². The van der Waals surface area contributed by atoms with Crippen LogP contribution in [0.3, 0.4) is 0 Å². The monoisotopic (exact) mass is 344 g/mol. The number of carbonyl (C=O) groups excluding carboxylic acids is 1. The number of ether oxygens (including phenoxy) is 2. The van der Waals surface area contributed by atoms with Crippen molar-refractivity contribution in [3.8, 4) is 0 Å². The third kappa shape index (κ3) is 3.76. The van der Waals surface area contributed by atoms with E-state index in [9.17, 15) is 13.6 Å². The van der Waals surface area contributed by atoms with E-state index in [1.807, 2.05) is 13.8 Å². The second kappa shape index (κ2) is 8.25. The molecule has 1 atom stereocenters. The van der Waals surface area contributed by atoms with Crippen molar-refractivity contribution in [3.05, 3.63) is 23.8 Å². The first-order valence-electron chi connectivity index (χ1n) is 8.01. The molecule has 0 spiro atoms. The number of amides is 1. The quantitative estimate of drug-likeness (QED) is 0.910. The lowest BCUT2D eigenvalue weighted by molar-refractivity contribution is 0.0963. The van der Waals surface area contributed by atoms with Crippen molar-refractivity contribution in [2.75, 3.05) is 49.3 Å². The summed E-state index contributed by atoms with van der Waals surface area (Å²) in [6, 6.07) is 2.21. The van der Waals surface area contributed by atoms with Crippen LogP contribution in [0.1, 0.15) is 13.8 Å². The van der Waals surface area contributed by atoms with Crippen LogP contribution in [0, 0.1) is 11.6 Å². The first-order chi connectivity index (χ1) is 11.6. The number of nitrogens with zero attached hydrogens (tertiary/aromatic N) is 2. The number of hydrogen-bond acceptors (Lipinski definition) is 5. The molecule has 0 bridgehead atoms. The number of cyclic esters (lactones) is 1. The van der Waals surface area contributed by atoms with E-state index < -0.39 is 23.8 Å². The maximum atomic E-state index is 14.3. The Morgan fingerprint density at radius 2 is 1.79 bits per heavy atom. The Hall–Kier alpha value is -1.93. The first kappa shape index (κ1) is 18.4. The molecule has 2 saturated heterocycles. The maximum Gasteiger partial charge on any atom is 0.414 e. The Morgan fingerprint density at radius 3 is 2.29 bits per heavy atom. The SMILES string of the molecule is CC.O=C1OC(CO)CN1c1cc(F)c(N2CCOCC2)c(F)c1. The summed E-state index contributed by atoms with van der Waals surface area (Å²) >= 11 is 0. The largest absolute Gasteiger partial charge is 0.441 e. The molecule has 0 aromatic heterocycles. The summed E-state index contributed by atoms with van der Waals surface area (Å²) in [7, 11) is 0. The van der Waals surface area contributed by atoms with Crippen molar-refractivity contribution in [1.29, 1.82) is 0 Å². The van der Waals surface area contributed by atoms with Gasteiger partial charge in [-0.05, 0) is 0 Å². The van der Waals surface area contributed by atoms with Gasteiger partial charge in [0.2, 0.25) is 0 Å². The van der Waals surface area contributed by atoms with Crippen LogP contribution in [0.4, 0.5) is 25.0 Å². The number of morpholine rings is 1. The van der Waals surface area contributed by atoms with E-state index in [4.69, 9.17) is 14.6 Å². The highest BCUT2D eigenvalue weighted by molar-refractivity contribution is 5.90. The molecule has 2 aliphatic rings. The Balaban J connectivity index is 0.00000100. The molecule has 2 heterocycles. The van der Waals surface area contributed by atoms with Crippen molar-refractivity contribution in [3.63, 3.8) is 0 Å². The minimum atomic E-state index is -0.739. The summed E-state index contributed by atoms with van der Waals surface area (Å²) < 4.78 is 38.6. The molecule has 134 valence electrons. The van der Waals surface area contributed by atoms with Gasteiger partial charge in [-0.3, -0.25) is 4.90 Å². The topological polar surface area (TPSA) is 62.2 Å². The van der Waals surface area contributed by atoms with Crippen LogP contribution >= 0.6 is 0 Å². The van der Waals surface area contributed by atoms with E-state index in [1.165, 1.54) is 0 Å². The molecule has 1 amide bonds. The van der Waals surface area contributed by atoms with Crippen molar-refractivity contribution >= 4 is 17.5 Å². The minimum absolute atomic E-state index is 0.0606. The number of hydrogen-bond donors (Lipinski definition) is 1. The molecule has 3 rings (SSSR count). The zero-order chi connectivity index (χ0) is 17.7. The van der Waals surface area contributed by atoms with Gasteiger partial charge in [-0.2, -0.15) is 0 Å². The third-order valence-electron chi connectivity index (χ3n) is 3.72. The molecule has 1 unspecified atom stereocenters. The summed E-state index contributed by atoms with van der Waals surface area (Å²) in [5.74, 6) is -1.48. The van der Waals surface area contributed by atoms with Gasteiger partial charge in [0.25, 0.3) is 0 Å². The van der Waals surface area contributed by atoms with Gasteiger partial charge >= 0.3 is 6.09 Å². The van der Waals surface area contributed by atoms with Gasteiger partial charge in [-0.15, -0.1) is 0 Å². The second-order valence-corrected chi connectivity index (χ2v) is 5.16. The first-order valence-corrected chi connectivity index (χ1v) is 8.01. The van der Waals surface area contributed by atoms with Gasteiger partial charge in [0, 0.05) is 25.2 Å². The molecule has 1 aromatic carbocycles. The highest BCUT2D eigenvalue weighted by Crippen LogP contribution is 2.31. The van der Waals surface area contributed by atoms with E-state index in [2.05, 4.69) is 0 Å². The normalized spacial score (nSPS) is 20.5. The fraction of sp³-hybridized carbons (Fsp3) is 0.562. The molecule has 2 fully saturated rings. The molecule has 1 N–H and O–H groups in total. The molecule has 8 heteroatoms. The Kier molecular flexibility index (Phi) is 6.33. The predicted octanol–water partition coefficient (Wildman–Crippen LogP) is 2.15. The molecular formula is C16H22F2N2O4. The molecule has 2 aliphatic heterocycles. The smallest absolute Gasteiger partial charge is 0.414 e. The molecular weight excluding hydrogens is 322 g/mol. The van der Waals surface area contributed by atoms with Gasteiger partial charge in [0.1, 0.15) is 11.8 Å². The number of carbonyl (C=O) groups is 1. The summed E-state index contributed by atoms with van der Waals surface area (Å²) in [6.07, 6.45) is -1.41. The number of halogens is 2. The molecule has 0 aliphatic carbocycles. The van der Waals surface area contributed by atoms with E-state index in [-0.39, 0.29) is 24.5 Å². The van der Waals surface area contributed by atoms with Gasteiger partial charge in [0.05, 0.1) is 32.1 Å². The van der Waals surface area contributed by atoms with Crippen LogP contribution in [-0.4, -0.2) is 56.8 Å². The van der Waals surface area contributed by atoms with Crippen LogP contribution in [0.15, 0.2) is 12.1 Å². The summed E-state index contributed by atoms with van der Waals surface area (Å²) in [5.41, 5.74) is -0.0359. The van der Waals surface area contributed by atoms with Crippen LogP contribution in [0.25, 0.3) is 0 Å². The van der Waals surface area contributed by atoms with E-state index >= 15 is 0 Å². The highest BCUT2D eigenvalue weighted by Gasteiger charge is 2.33. The lowest BCUT2D eigenvalue weighted by Gasteiger charge is -2.29. The highest BCUT2D eigenvalue weighted by atomic mass is 19.1. The Morgan fingerprint density at radius 1 is 1.21 bits per heavy atom. The third-order valence-corrected chi connectivity index (χ3v) is 3.72. The van der Waals surface area contributed by atoms with E-state index in [0.29, 0.717) is 26.3 Å². The van der Waals surface area contributed by atoms with E-state index in [1.54, 1.807) is 4.90 Å². The molecule has 6 nitrogen and oxygen atoms in total. The Labute approximate surface area is 139 Å². The van der Waals surface area contributed by atoms with Gasteiger partial charge in [-0.1, -0.05) is 13.8 Å². The lowest BCUT2D eigenvalue weighted by atomic mass is 10.2. The van der Waals surface area contributed by atoms with Gasteiger partial charge in [0.15, 0.2) is 11.6 Å². The van der Waals surface area contributed by atoms with Crippen LogP contribution < -0.4 is 9.80 Å². The van der Waals surface area contributed by atoms with Crippen molar-refractivity contribution in [1.82, 2.24) is 0 Å². The summed E-state index contributed by atoms with van der Waals surface area (Å²) in [4.78, 5) is 14.4. The number of anilines is 2. The molecule has 24 heavy (non-hydrogen) atoms. The second-order valence-electron chi connectivity index (χ2n) is 5.16. The summed E-state index contributed by atoms with van der Waals surface area (Å²) in [6.45, 7) is 5.37. The maximum absolute atomic E-state index is 14.3. The lowest BCUT2D eigenvalue weighted by Crippen LogP contribution is -2.37. The average molecular weight is 344 g/mol. The predicted molar refractivity (Wildman–Crippen MR) is 85.4 cm³/mol. The Bertz CT molecular complexity index is 556. The summed E-state index contributed by atoms with van der Waals surface area (Å²) in [5, 5.41) is 9.00. The standard InChI is InChI=1S/C14H16F2N2O4.C2H6/c15-11-5-9(18-7-10(8-19)22-14(18)20)6-12(16)13(11)17-1-3-21-4-2-17;1-2/h5-6,10,19H,1-4,7-8H2;1-2H3. The molecule has 0 radical (unpaired) electrons. The minimum Gasteiger partial charge on any atom is -0.441 e. The fourth-order valence-corrected chi connectivity index (χ4v) is 2.62. The van der Waals surface area contributed by atoms with Crippen LogP contribution in [0.2, 0.25) is 0 Å². The molecule has 0 saturated carbocycles. The number of aliphatic hydroxyl groups excluding tert-OH is 1. The van der Waals surface area contributed by atoms with Gasteiger partial charge in [-0.25, -0.2) is 13.6 Å². The van der Waals surface area contributed by atoms with Crippen molar-refractivity contribution < 1.29 is 28.2 Å². The van der Waals surface area contributed by atoms with Crippen LogP contribution in [0.5, 0.6) is 0 Å². The number of rotatable bonds is 3. The molecule has 1 aromatic rings. The van der Waals surface area contributed by atoms with E-state index in [0.717, 1.165) is 17.0 Å². The van der Waals surface area contributed by atoms with Crippen LogP contribution in [-0.2, 0) is 9.47 Å². The zero-order valence-corrected chi connectivity index (χ0v) is 13.8. The number of benzene rings is 1. The van der Waals surface area contributed by atoms with Crippen molar-refractivity contribution in [2.45, 2.75) is 20.0 Å². The fourth-order valence-electron chi connectivity index (χ4n) is 2.62. The van der Waals surface area contributed by atoms with Crippen molar-refractivity contribution in [2.24, 2.45) is 0 Å².